The molecule has 1 aliphatic rings. The van der Waals surface area contributed by atoms with Gasteiger partial charge >= 0.3 is 5.63 Å². The molecule has 2 aromatic carbocycles. The highest BCUT2D eigenvalue weighted by Gasteiger charge is 2.26. The predicted molar refractivity (Wildman–Crippen MR) is 123 cm³/mol. The first kappa shape index (κ1) is 20.8. The Labute approximate surface area is 181 Å². The summed E-state index contributed by atoms with van der Waals surface area (Å²) in [6, 6.07) is 17.6. The van der Waals surface area contributed by atoms with Crippen molar-refractivity contribution in [2.45, 2.75) is 6.42 Å². The minimum absolute atomic E-state index is 0.107. The van der Waals surface area contributed by atoms with Crippen molar-refractivity contribution in [3.8, 4) is 0 Å². The Balaban J connectivity index is 1.41. The molecule has 31 heavy (non-hydrogen) atoms. The van der Waals surface area contributed by atoms with E-state index in [0.29, 0.717) is 25.1 Å². The Kier molecular flexibility index (Phi) is 6.43. The predicted octanol–water partition coefficient (Wildman–Crippen LogP) is 2.58. The summed E-state index contributed by atoms with van der Waals surface area (Å²) in [7, 11) is 0. The van der Waals surface area contributed by atoms with Gasteiger partial charge in [-0.1, -0.05) is 60.7 Å². The van der Waals surface area contributed by atoms with E-state index in [1.165, 1.54) is 10.5 Å². The van der Waals surface area contributed by atoms with Crippen molar-refractivity contribution in [3.05, 3.63) is 100 Å². The Morgan fingerprint density at radius 3 is 2.61 bits per heavy atom. The molecular weight excluding hydrogens is 388 g/mol. The number of fused-ring (bicyclic) bond motifs is 1. The van der Waals surface area contributed by atoms with Gasteiger partial charge in [0.2, 0.25) is 0 Å². The Morgan fingerprint density at radius 1 is 1.10 bits per heavy atom. The summed E-state index contributed by atoms with van der Waals surface area (Å²) in [5, 5.41) is 0.762. The molecule has 0 radical (unpaired) electrons. The van der Waals surface area contributed by atoms with Gasteiger partial charge in [-0.2, -0.15) is 0 Å². The van der Waals surface area contributed by atoms with E-state index < -0.39 is 5.63 Å². The zero-order valence-corrected chi connectivity index (χ0v) is 17.5. The van der Waals surface area contributed by atoms with Crippen molar-refractivity contribution in [2.75, 3.05) is 32.7 Å². The molecule has 2 heterocycles. The van der Waals surface area contributed by atoms with Gasteiger partial charge in [0.15, 0.2) is 0 Å². The molecule has 0 saturated carbocycles. The maximum Gasteiger partial charge on any atom is 0.349 e. The Morgan fingerprint density at radius 2 is 1.87 bits per heavy atom. The normalized spacial score (nSPS) is 14.9. The van der Waals surface area contributed by atoms with Crippen molar-refractivity contribution >= 4 is 23.0 Å². The lowest BCUT2D eigenvalue weighted by Crippen LogP contribution is -3.14. The van der Waals surface area contributed by atoms with Crippen molar-refractivity contribution in [2.24, 2.45) is 0 Å². The largest absolute Gasteiger partial charge is 0.422 e. The molecule has 0 aliphatic carbocycles. The van der Waals surface area contributed by atoms with Gasteiger partial charge in [0.25, 0.3) is 5.91 Å². The third-order valence-electron chi connectivity index (χ3n) is 5.71. The second-order valence-electron chi connectivity index (χ2n) is 7.84. The highest BCUT2D eigenvalue weighted by molar-refractivity contribution is 5.97. The number of rotatable bonds is 6. The van der Waals surface area contributed by atoms with Gasteiger partial charge in [0.05, 0.1) is 32.7 Å². The van der Waals surface area contributed by atoms with E-state index in [0.717, 1.165) is 30.6 Å². The number of hydrogen-bond donors (Lipinski definition) is 1. The number of amides is 1. The molecule has 1 aliphatic heterocycles. The van der Waals surface area contributed by atoms with E-state index in [2.05, 4.69) is 30.9 Å². The minimum atomic E-state index is -0.574. The second kappa shape index (κ2) is 9.58. The van der Waals surface area contributed by atoms with Crippen LogP contribution in [0.4, 0.5) is 0 Å². The molecule has 5 nitrogen and oxygen atoms in total. The van der Waals surface area contributed by atoms with E-state index >= 15 is 0 Å². The van der Waals surface area contributed by atoms with Gasteiger partial charge in [-0.15, -0.1) is 6.58 Å². The lowest BCUT2D eigenvalue weighted by Gasteiger charge is -2.31. The number of carbonyl (C=O) groups is 1. The molecule has 5 heteroatoms. The third-order valence-corrected chi connectivity index (χ3v) is 5.71. The number of quaternary nitrogens is 1. The smallest absolute Gasteiger partial charge is 0.349 e. The Bertz CT molecular complexity index is 1160. The first-order chi connectivity index (χ1) is 15.2. The molecule has 158 valence electrons. The Hall–Kier alpha value is -3.44. The molecule has 3 aromatic rings. The zero-order chi connectivity index (χ0) is 21.6. The maximum atomic E-state index is 13.0. The SMILES string of the molecule is C=CCc1cccc2cc(C(=O)N3CC[NH+](C/C=C/c4ccccc4)CC3)c(=O)oc12. The van der Waals surface area contributed by atoms with Crippen LogP contribution in [0, 0.1) is 0 Å². The molecule has 1 saturated heterocycles. The number of para-hydroxylation sites is 1. The van der Waals surface area contributed by atoms with E-state index in [1.807, 2.05) is 36.4 Å². The van der Waals surface area contributed by atoms with Gasteiger partial charge in [0, 0.05) is 5.39 Å². The zero-order valence-electron chi connectivity index (χ0n) is 17.5. The molecule has 1 aromatic heterocycles. The number of hydrogen-bond acceptors (Lipinski definition) is 3. The number of benzene rings is 2. The average molecular weight is 416 g/mol. The molecule has 4 rings (SSSR count). The monoisotopic (exact) mass is 415 g/mol. The second-order valence-corrected chi connectivity index (χ2v) is 7.84. The van der Waals surface area contributed by atoms with Crippen molar-refractivity contribution in [1.82, 2.24) is 4.90 Å². The molecule has 1 fully saturated rings. The van der Waals surface area contributed by atoms with E-state index in [1.54, 1.807) is 17.0 Å². The van der Waals surface area contributed by atoms with Gasteiger partial charge in [-0.25, -0.2) is 4.79 Å². The van der Waals surface area contributed by atoms with Crippen LogP contribution in [0.25, 0.3) is 17.0 Å². The number of nitrogens with one attached hydrogen (secondary N) is 1. The standard InChI is InChI=1S/C26H26N2O3/c1-2-8-21-12-6-13-22-19-23(26(30)31-24(21)22)25(29)28-17-15-27(16-18-28)14-7-11-20-9-4-3-5-10-20/h2-7,9-13,19H,1,8,14-18H2/p+1/b11-7+. The molecule has 0 spiro atoms. The number of allylic oxidation sites excluding steroid dienone is 1. The number of carbonyl (C=O) groups excluding carboxylic acids is 1. The molecular formula is C26H27N2O3+. The van der Waals surface area contributed by atoms with Crippen molar-refractivity contribution in [1.29, 1.82) is 0 Å². The summed E-state index contributed by atoms with van der Waals surface area (Å²) in [5.74, 6) is -0.247. The van der Waals surface area contributed by atoms with E-state index in [-0.39, 0.29) is 11.5 Å². The third kappa shape index (κ3) is 4.84. The van der Waals surface area contributed by atoms with Crippen LogP contribution in [0.1, 0.15) is 21.5 Å². The summed E-state index contributed by atoms with van der Waals surface area (Å²) in [5.41, 5.74) is 2.15. The van der Waals surface area contributed by atoms with Gasteiger partial charge in [-0.3, -0.25) is 4.79 Å². The quantitative estimate of drug-likeness (QED) is 0.497. The fraction of sp³-hybridized carbons (Fsp3) is 0.231. The van der Waals surface area contributed by atoms with Crippen molar-refractivity contribution < 1.29 is 14.1 Å². The highest BCUT2D eigenvalue weighted by atomic mass is 16.4. The molecule has 0 bridgehead atoms. The first-order valence-corrected chi connectivity index (χ1v) is 10.7. The van der Waals surface area contributed by atoms with Crippen LogP contribution in [0.15, 0.2) is 82.5 Å². The lowest BCUT2D eigenvalue weighted by molar-refractivity contribution is -0.898. The minimum Gasteiger partial charge on any atom is -0.422 e. The number of piperazine rings is 1. The summed E-state index contributed by atoms with van der Waals surface area (Å²) >= 11 is 0. The number of nitrogens with zero attached hydrogens (tertiary/aromatic N) is 1. The molecule has 0 atom stereocenters. The summed E-state index contributed by atoms with van der Waals surface area (Å²) in [6.45, 7) is 7.62. The van der Waals surface area contributed by atoms with E-state index in [9.17, 15) is 9.59 Å². The fourth-order valence-corrected chi connectivity index (χ4v) is 4.00. The van der Waals surface area contributed by atoms with E-state index in [4.69, 9.17) is 4.42 Å². The summed E-state index contributed by atoms with van der Waals surface area (Å²) in [6.07, 6.45) is 6.69. The maximum absolute atomic E-state index is 13.0. The molecule has 1 amide bonds. The topological polar surface area (TPSA) is 55.0 Å². The van der Waals surface area contributed by atoms with Crippen molar-refractivity contribution in [3.63, 3.8) is 0 Å². The van der Waals surface area contributed by atoms with Crippen LogP contribution in [0.5, 0.6) is 0 Å². The van der Waals surface area contributed by atoms with Gasteiger partial charge in [-0.05, 0) is 29.7 Å². The van der Waals surface area contributed by atoms with Crippen LogP contribution in [-0.2, 0) is 6.42 Å². The first-order valence-electron chi connectivity index (χ1n) is 10.7. The fourth-order valence-electron chi connectivity index (χ4n) is 4.00. The highest BCUT2D eigenvalue weighted by Crippen LogP contribution is 2.19. The lowest BCUT2D eigenvalue weighted by atomic mass is 10.1. The van der Waals surface area contributed by atoms with Crippen LogP contribution in [0.2, 0.25) is 0 Å². The van der Waals surface area contributed by atoms with Gasteiger partial charge < -0.3 is 14.2 Å². The van der Waals surface area contributed by atoms with Crippen LogP contribution in [0.3, 0.4) is 0 Å². The average Bonchev–Trinajstić information content (AvgIpc) is 2.80. The van der Waals surface area contributed by atoms with Crippen LogP contribution in [-0.4, -0.2) is 43.5 Å². The van der Waals surface area contributed by atoms with Gasteiger partial charge in [0.1, 0.15) is 11.1 Å². The summed E-state index contributed by atoms with van der Waals surface area (Å²) < 4.78 is 5.54. The molecule has 0 unspecified atom stereocenters. The van der Waals surface area contributed by atoms with Crippen LogP contribution < -0.4 is 10.5 Å². The molecule has 1 N–H and O–H groups in total. The summed E-state index contributed by atoms with van der Waals surface area (Å²) in [4.78, 5) is 28.8. The van der Waals surface area contributed by atoms with Crippen LogP contribution >= 0.6 is 0 Å².